The van der Waals surface area contributed by atoms with Crippen molar-refractivity contribution in [2.24, 2.45) is 5.92 Å². The summed E-state index contributed by atoms with van der Waals surface area (Å²) in [5.41, 5.74) is -0.897. The summed E-state index contributed by atoms with van der Waals surface area (Å²) in [4.78, 5) is 25.9. The van der Waals surface area contributed by atoms with Gasteiger partial charge in [0, 0.05) is 25.0 Å². The Morgan fingerprint density at radius 3 is 2.37 bits per heavy atom. The summed E-state index contributed by atoms with van der Waals surface area (Å²) >= 11 is 0. The van der Waals surface area contributed by atoms with Crippen LogP contribution in [0.2, 0.25) is 0 Å². The first-order chi connectivity index (χ1) is 12.8. The molecule has 2 amide bonds. The van der Waals surface area contributed by atoms with E-state index in [4.69, 9.17) is 4.74 Å². The first kappa shape index (κ1) is 19.5. The summed E-state index contributed by atoms with van der Waals surface area (Å²) in [6.07, 6.45) is -2.41. The number of amides is 2. The Balaban J connectivity index is 1.53. The second-order valence-electron chi connectivity index (χ2n) is 7.14. The van der Waals surface area contributed by atoms with Gasteiger partial charge in [0.15, 0.2) is 6.10 Å². The number of carbonyl (C=O) groups excluding carboxylic acids is 2. The molecule has 0 radical (unpaired) electrons. The maximum absolute atomic E-state index is 13.1. The van der Waals surface area contributed by atoms with Gasteiger partial charge in [-0.05, 0) is 44.7 Å². The maximum atomic E-state index is 13.1. The van der Waals surface area contributed by atoms with Gasteiger partial charge in [-0.3, -0.25) is 9.59 Å². The van der Waals surface area contributed by atoms with Crippen molar-refractivity contribution < 1.29 is 27.5 Å². The molecule has 2 fully saturated rings. The molecule has 148 valence electrons. The summed E-state index contributed by atoms with van der Waals surface area (Å²) < 4.78 is 44.5. The second-order valence-corrected chi connectivity index (χ2v) is 7.14. The molecule has 1 aromatic carbocycles. The maximum Gasteiger partial charge on any atom is 0.419 e. The Hall–Kier alpha value is -2.25. The molecule has 2 aliphatic rings. The van der Waals surface area contributed by atoms with Gasteiger partial charge in [0.05, 0.1) is 5.56 Å². The minimum Gasteiger partial charge on any atom is -0.480 e. The molecule has 5 nitrogen and oxygen atoms in total. The van der Waals surface area contributed by atoms with Crippen molar-refractivity contribution in [3.05, 3.63) is 29.8 Å². The topological polar surface area (TPSA) is 58.6 Å². The Morgan fingerprint density at radius 2 is 1.78 bits per heavy atom. The van der Waals surface area contributed by atoms with E-state index in [0.29, 0.717) is 25.9 Å². The third-order valence-corrected chi connectivity index (χ3v) is 4.95. The first-order valence-corrected chi connectivity index (χ1v) is 9.17. The number of benzene rings is 1. The molecule has 0 aromatic heterocycles. The van der Waals surface area contributed by atoms with Crippen LogP contribution >= 0.6 is 0 Å². The number of ether oxygens (including phenoxy) is 1. The normalized spacial score (nSPS) is 19.5. The highest BCUT2D eigenvalue weighted by Crippen LogP contribution is 2.36. The van der Waals surface area contributed by atoms with Gasteiger partial charge in [-0.15, -0.1) is 0 Å². The minimum atomic E-state index is -4.54. The number of rotatable bonds is 5. The van der Waals surface area contributed by atoms with E-state index in [1.165, 1.54) is 25.1 Å². The highest BCUT2D eigenvalue weighted by Gasteiger charge is 2.36. The summed E-state index contributed by atoms with van der Waals surface area (Å²) in [7, 11) is 0. The zero-order valence-electron chi connectivity index (χ0n) is 15.1. The van der Waals surface area contributed by atoms with E-state index in [2.05, 4.69) is 5.32 Å². The lowest BCUT2D eigenvalue weighted by molar-refractivity contribution is -0.144. The molecule has 1 atom stereocenters. The molecule has 0 bridgehead atoms. The predicted molar refractivity (Wildman–Crippen MR) is 92.0 cm³/mol. The molecule has 1 aliphatic heterocycles. The molecule has 1 unspecified atom stereocenters. The first-order valence-electron chi connectivity index (χ1n) is 9.17. The van der Waals surface area contributed by atoms with Crippen LogP contribution in [-0.4, -0.2) is 41.9 Å². The minimum absolute atomic E-state index is 0.0457. The lowest BCUT2D eigenvalue weighted by atomic mass is 10.0. The van der Waals surface area contributed by atoms with E-state index in [0.717, 1.165) is 18.9 Å². The number of halogens is 3. The highest BCUT2D eigenvalue weighted by atomic mass is 19.4. The second kappa shape index (κ2) is 7.78. The summed E-state index contributed by atoms with van der Waals surface area (Å²) in [5, 5.41) is 3.00. The zero-order chi connectivity index (χ0) is 19.6. The van der Waals surface area contributed by atoms with Crippen LogP contribution in [0, 0.1) is 5.92 Å². The van der Waals surface area contributed by atoms with E-state index in [-0.39, 0.29) is 29.5 Å². The molecule has 1 saturated heterocycles. The molecule has 8 heteroatoms. The fourth-order valence-electron chi connectivity index (χ4n) is 3.21. The van der Waals surface area contributed by atoms with Gasteiger partial charge in [-0.2, -0.15) is 13.2 Å². The molecule has 1 heterocycles. The van der Waals surface area contributed by atoms with Gasteiger partial charge in [-0.25, -0.2) is 0 Å². The van der Waals surface area contributed by atoms with Gasteiger partial charge in [0.25, 0.3) is 5.91 Å². The van der Waals surface area contributed by atoms with E-state index in [1.807, 2.05) is 0 Å². The summed E-state index contributed by atoms with van der Waals surface area (Å²) in [5.74, 6) is -0.469. The van der Waals surface area contributed by atoms with Crippen molar-refractivity contribution in [2.45, 2.75) is 50.9 Å². The van der Waals surface area contributed by atoms with Crippen LogP contribution in [0.5, 0.6) is 5.75 Å². The Kier molecular flexibility index (Phi) is 5.62. The predicted octanol–water partition coefficient (Wildman–Crippen LogP) is 2.99. The lowest BCUT2D eigenvalue weighted by Gasteiger charge is -2.34. The number of likely N-dealkylation sites (tertiary alicyclic amines) is 1. The molecule has 1 aromatic rings. The monoisotopic (exact) mass is 384 g/mol. The van der Waals surface area contributed by atoms with E-state index in [9.17, 15) is 22.8 Å². The third-order valence-electron chi connectivity index (χ3n) is 4.95. The molecule has 3 rings (SSSR count). The molecule has 27 heavy (non-hydrogen) atoms. The average molecular weight is 384 g/mol. The van der Waals surface area contributed by atoms with Crippen LogP contribution in [0.25, 0.3) is 0 Å². The van der Waals surface area contributed by atoms with Gasteiger partial charge < -0.3 is 15.0 Å². The Bertz CT molecular complexity index is 696. The van der Waals surface area contributed by atoms with Crippen LogP contribution < -0.4 is 10.1 Å². The number of alkyl halides is 3. The van der Waals surface area contributed by atoms with Crippen LogP contribution in [0.1, 0.15) is 38.2 Å². The fourth-order valence-corrected chi connectivity index (χ4v) is 3.21. The summed E-state index contributed by atoms with van der Waals surface area (Å²) in [6.45, 7) is 2.35. The summed E-state index contributed by atoms with van der Waals surface area (Å²) in [6, 6.07) is 4.91. The molecular formula is C19H23F3N2O3. The van der Waals surface area contributed by atoms with Gasteiger partial charge in [0.2, 0.25) is 5.91 Å². The van der Waals surface area contributed by atoms with Crippen molar-refractivity contribution in [3.63, 3.8) is 0 Å². The molecule has 1 saturated carbocycles. The SMILES string of the molecule is CC(Oc1ccccc1C(F)(F)F)C(=O)N1CCC(NC(=O)C2CC2)CC1. The molecule has 1 N–H and O–H groups in total. The molecule has 0 spiro atoms. The number of carbonyl (C=O) groups is 2. The third kappa shape index (κ3) is 4.93. The Labute approximate surface area is 155 Å². The number of piperidine rings is 1. The van der Waals surface area contributed by atoms with Crippen molar-refractivity contribution in [3.8, 4) is 5.75 Å². The average Bonchev–Trinajstić information content (AvgIpc) is 3.46. The zero-order valence-corrected chi connectivity index (χ0v) is 15.1. The quantitative estimate of drug-likeness (QED) is 0.849. The van der Waals surface area contributed by atoms with E-state index >= 15 is 0 Å². The number of nitrogens with one attached hydrogen (secondary N) is 1. The van der Waals surface area contributed by atoms with E-state index in [1.54, 1.807) is 4.90 Å². The van der Waals surface area contributed by atoms with Gasteiger partial charge in [-0.1, -0.05) is 12.1 Å². The van der Waals surface area contributed by atoms with Crippen LogP contribution in [0.15, 0.2) is 24.3 Å². The van der Waals surface area contributed by atoms with Crippen molar-refractivity contribution in [1.82, 2.24) is 10.2 Å². The van der Waals surface area contributed by atoms with E-state index < -0.39 is 17.8 Å². The van der Waals surface area contributed by atoms with Gasteiger partial charge in [0.1, 0.15) is 5.75 Å². The fraction of sp³-hybridized carbons (Fsp3) is 0.579. The van der Waals surface area contributed by atoms with Crippen LogP contribution in [-0.2, 0) is 15.8 Å². The largest absolute Gasteiger partial charge is 0.480 e. The van der Waals surface area contributed by atoms with Crippen molar-refractivity contribution in [1.29, 1.82) is 0 Å². The standard InChI is InChI=1S/C19H23F3N2O3/c1-12(27-16-5-3-2-4-15(16)19(20,21)22)18(26)24-10-8-14(9-11-24)23-17(25)13-6-7-13/h2-5,12-14H,6-11H2,1H3,(H,23,25). The highest BCUT2D eigenvalue weighted by molar-refractivity contribution is 5.82. The van der Waals surface area contributed by atoms with Gasteiger partial charge >= 0.3 is 6.18 Å². The number of para-hydroxylation sites is 1. The van der Waals surface area contributed by atoms with Crippen molar-refractivity contribution in [2.75, 3.05) is 13.1 Å². The lowest BCUT2D eigenvalue weighted by Crippen LogP contribution is -2.49. The Morgan fingerprint density at radius 1 is 1.15 bits per heavy atom. The van der Waals surface area contributed by atoms with Crippen molar-refractivity contribution >= 4 is 11.8 Å². The number of nitrogens with zero attached hydrogens (tertiary/aromatic N) is 1. The number of hydrogen-bond acceptors (Lipinski definition) is 3. The number of hydrogen-bond donors (Lipinski definition) is 1. The smallest absolute Gasteiger partial charge is 0.419 e. The van der Waals surface area contributed by atoms with Crippen LogP contribution in [0.4, 0.5) is 13.2 Å². The molecular weight excluding hydrogens is 361 g/mol. The molecule has 1 aliphatic carbocycles. The van der Waals surface area contributed by atoms with Crippen LogP contribution in [0.3, 0.4) is 0 Å².